The van der Waals surface area contributed by atoms with Crippen LogP contribution in [0.3, 0.4) is 0 Å². The predicted octanol–water partition coefficient (Wildman–Crippen LogP) is -0.649. The van der Waals surface area contributed by atoms with Crippen LogP contribution in [0, 0.1) is 5.92 Å². The van der Waals surface area contributed by atoms with E-state index in [1.807, 2.05) is 0 Å². The molecule has 5 unspecified atom stereocenters. The molecular weight excluding hydrogens is 630 g/mol. The molecule has 2 saturated heterocycles. The molecule has 3 aliphatic rings. The zero-order valence-electron chi connectivity index (χ0n) is 22.4. The molecule has 4 aromatic heterocycles. The Morgan fingerprint density at radius 2 is 1.64 bits per heavy atom. The van der Waals surface area contributed by atoms with Crippen molar-refractivity contribution in [2.45, 2.75) is 49.5 Å². The molecule has 7 rings (SSSR count). The van der Waals surface area contributed by atoms with Crippen molar-refractivity contribution in [3.63, 3.8) is 0 Å². The average Bonchev–Trinajstić information content (AvgIpc) is 3.72. The van der Waals surface area contributed by atoms with E-state index in [0.717, 1.165) is 0 Å². The molecule has 1 aliphatic carbocycles. The van der Waals surface area contributed by atoms with Gasteiger partial charge in [0.15, 0.2) is 22.6 Å². The number of rotatable bonds is 2. The van der Waals surface area contributed by atoms with Crippen molar-refractivity contribution >= 4 is 49.7 Å². The first-order chi connectivity index (χ1) is 20.9. The first kappa shape index (κ1) is 29.4. The number of imidazole rings is 2. The summed E-state index contributed by atoms with van der Waals surface area (Å²) in [5, 5.41) is 11.2. The first-order valence-corrected chi connectivity index (χ1v) is 16.2. The molecule has 3 fully saturated rings. The minimum atomic E-state index is -4.87. The number of nitrogens with one attached hydrogen (secondary N) is 1. The second kappa shape index (κ2) is 10.6. The Balaban J connectivity index is 1.15. The van der Waals surface area contributed by atoms with Crippen LogP contribution in [0.4, 0.5) is 11.8 Å². The molecule has 6 heterocycles. The third kappa shape index (κ3) is 5.20. The third-order valence-electron chi connectivity index (χ3n) is 7.80. The fourth-order valence-corrected chi connectivity index (χ4v) is 7.82. The van der Waals surface area contributed by atoms with E-state index in [1.165, 1.54) is 28.1 Å². The van der Waals surface area contributed by atoms with Gasteiger partial charge in [-0.25, -0.2) is 29.1 Å². The van der Waals surface area contributed by atoms with Crippen LogP contribution in [0.5, 0.6) is 0 Å². The van der Waals surface area contributed by atoms with E-state index < -0.39 is 77.0 Å². The fraction of sp³-hybridized carbons (Fsp3) is 0.524. The van der Waals surface area contributed by atoms with Crippen LogP contribution >= 0.6 is 15.6 Å². The van der Waals surface area contributed by atoms with E-state index >= 15 is 0 Å². The number of H-pyrrole nitrogens is 1. The lowest BCUT2D eigenvalue weighted by molar-refractivity contribution is -0.0585. The Morgan fingerprint density at radius 1 is 0.909 bits per heavy atom. The number of nitrogen functional groups attached to an aromatic ring is 2. The smallest absolute Gasteiger partial charge is 0.388 e. The molecule has 0 spiro atoms. The SMILES string of the molecule is Nc1nc2c(ncn2[C@@H]2C[C@@H]3COP(=O)(O)OC4C[C@H](n5cnc6c(N)ncnc65)O[C@@H]4COP(=O)(O)OC3C2O)c(=O)[nH]1. The van der Waals surface area contributed by atoms with Gasteiger partial charge in [-0.2, -0.15) is 4.98 Å². The second-order valence-corrected chi connectivity index (χ2v) is 13.3. The van der Waals surface area contributed by atoms with Gasteiger partial charge in [0.2, 0.25) is 5.95 Å². The number of aliphatic hydroxyl groups is 1. The van der Waals surface area contributed by atoms with Crippen LogP contribution in [-0.2, 0) is 32.0 Å². The lowest BCUT2D eigenvalue weighted by Crippen LogP contribution is -2.35. The minimum Gasteiger partial charge on any atom is -0.388 e. The Labute approximate surface area is 245 Å². The third-order valence-corrected chi connectivity index (χ3v) is 9.80. The lowest BCUT2D eigenvalue weighted by Gasteiger charge is -2.28. The van der Waals surface area contributed by atoms with Crippen LogP contribution in [-0.4, -0.2) is 91.6 Å². The quantitative estimate of drug-likeness (QED) is 0.146. The lowest BCUT2D eigenvalue weighted by atomic mass is 10.1. The number of nitrogens with two attached hydrogens (primary N) is 2. The van der Waals surface area contributed by atoms with Gasteiger partial charge in [0.05, 0.1) is 31.9 Å². The van der Waals surface area contributed by atoms with Crippen LogP contribution in [0.1, 0.15) is 25.1 Å². The number of aromatic amines is 1. The van der Waals surface area contributed by atoms with Crippen molar-refractivity contribution in [1.82, 2.24) is 39.0 Å². The summed E-state index contributed by atoms with van der Waals surface area (Å²) in [5.41, 5.74) is 11.6. The minimum absolute atomic E-state index is 0.0123. The molecule has 236 valence electrons. The monoisotopic (exact) mass is 656 g/mol. The number of aliphatic hydroxyl groups excluding tert-OH is 1. The molecule has 0 amide bonds. The molecule has 44 heavy (non-hydrogen) atoms. The summed E-state index contributed by atoms with van der Waals surface area (Å²) in [6, 6.07) is -0.914. The summed E-state index contributed by atoms with van der Waals surface area (Å²) < 4.78 is 56.5. The van der Waals surface area contributed by atoms with Gasteiger partial charge in [0, 0.05) is 12.3 Å². The summed E-state index contributed by atoms with van der Waals surface area (Å²) in [7, 11) is -9.64. The van der Waals surface area contributed by atoms with Crippen molar-refractivity contribution in [2.24, 2.45) is 5.92 Å². The molecule has 0 radical (unpaired) electrons. The molecule has 9 atom stereocenters. The van der Waals surface area contributed by atoms with E-state index in [-0.39, 0.29) is 35.8 Å². The number of ether oxygens (including phenoxy) is 1. The van der Waals surface area contributed by atoms with Crippen molar-refractivity contribution in [3.8, 4) is 0 Å². The van der Waals surface area contributed by atoms with Gasteiger partial charge in [-0.05, 0) is 6.42 Å². The molecular formula is C21H26N10O11P2. The molecule has 2 aliphatic heterocycles. The highest BCUT2D eigenvalue weighted by Crippen LogP contribution is 2.55. The number of anilines is 2. The Kier molecular flexibility index (Phi) is 7.09. The summed E-state index contributed by atoms with van der Waals surface area (Å²) in [5.74, 6) is -0.983. The molecule has 0 aromatic carbocycles. The highest BCUT2D eigenvalue weighted by Gasteiger charge is 2.51. The van der Waals surface area contributed by atoms with Gasteiger partial charge in [-0.3, -0.25) is 32.4 Å². The summed E-state index contributed by atoms with van der Waals surface area (Å²) in [4.78, 5) is 56.2. The van der Waals surface area contributed by atoms with E-state index in [1.54, 1.807) is 0 Å². The fourth-order valence-electron chi connectivity index (χ4n) is 5.81. The van der Waals surface area contributed by atoms with Gasteiger partial charge in [-0.1, -0.05) is 0 Å². The number of phosphoric acid groups is 2. The number of phosphoric ester groups is 2. The second-order valence-electron chi connectivity index (χ2n) is 10.5. The van der Waals surface area contributed by atoms with Gasteiger partial charge >= 0.3 is 15.6 Å². The molecule has 23 heteroatoms. The largest absolute Gasteiger partial charge is 0.472 e. The van der Waals surface area contributed by atoms with Crippen LogP contribution in [0.15, 0.2) is 23.8 Å². The van der Waals surface area contributed by atoms with Crippen LogP contribution in [0.2, 0.25) is 0 Å². The van der Waals surface area contributed by atoms with E-state index in [2.05, 4.69) is 29.9 Å². The van der Waals surface area contributed by atoms with E-state index in [9.17, 15) is 28.8 Å². The molecule has 1 saturated carbocycles. The first-order valence-electron chi connectivity index (χ1n) is 13.2. The highest BCUT2D eigenvalue weighted by molar-refractivity contribution is 7.47. The molecule has 4 aromatic rings. The molecule has 21 nitrogen and oxygen atoms in total. The molecule has 0 bridgehead atoms. The zero-order valence-corrected chi connectivity index (χ0v) is 24.2. The van der Waals surface area contributed by atoms with Crippen LogP contribution in [0.25, 0.3) is 22.3 Å². The number of hydrogen-bond donors (Lipinski definition) is 6. The van der Waals surface area contributed by atoms with Gasteiger partial charge in [-0.15, -0.1) is 0 Å². The van der Waals surface area contributed by atoms with Gasteiger partial charge in [0.1, 0.15) is 42.5 Å². The maximum atomic E-state index is 13.1. The maximum absolute atomic E-state index is 13.1. The highest BCUT2D eigenvalue weighted by atomic mass is 31.2. The number of fused-ring (bicyclic) bond motifs is 4. The molecule has 8 N–H and O–H groups in total. The summed E-state index contributed by atoms with van der Waals surface area (Å²) in [6.45, 7) is -1.13. The van der Waals surface area contributed by atoms with Crippen molar-refractivity contribution in [3.05, 3.63) is 29.3 Å². The normalized spacial score (nSPS) is 36.6. The van der Waals surface area contributed by atoms with E-state index in [4.69, 9.17) is 34.3 Å². The maximum Gasteiger partial charge on any atom is 0.472 e. The Hall–Kier alpha value is -3.36. The standard InChI is InChI=1S/C21H26N10O11P2/c22-17-13-18(25-5-24-17)31(7-26-13)12-2-10-11(40-12)4-39-44(36,37)42-16-8(3-38-43(34,35)41-10)1-9(15(16)32)30-6-27-14-19(30)28-21(23)29-20(14)33/h5-12,15-16,32H,1-4H2,(H,34,35)(H,36,37)(H2,22,24,25)(H3,23,28,29,33)/t8-,9-,10?,11-,12-,15?,16?/m1/s1. The van der Waals surface area contributed by atoms with E-state index in [0.29, 0.717) is 11.2 Å². The number of aromatic nitrogens is 8. The Bertz CT molecular complexity index is 1900. The van der Waals surface area contributed by atoms with Gasteiger partial charge < -0.3 is 35.7 Å². The predicted molar refractivity (Wildman–Crippen MR) is 145 cm³/mol. The van der Waals surface area contributed by atoms with Crippen molar-refractivity contribution in [2.75, 3.05) is 24.7 Å². The van der Waals surface area contributed by atoms with Crippen molar-refractivity contribution < 1.29 is 46.9 Å². The number of hydrogen-bond acceptors (Lipinski definition) is 16. The van der Waals surface area contributed by atoms with Gasteiger partial charge in [0.25, 0.3) is 5.56 Å². The Morgan fingerprint density at radius 3 is 2.45 bits per heavy atom. The van der Waals surface area contributed by atoms with Crippen LogP contribution < -0.4 is 17.0 Å². The summed E-state index contributed by atoms with van der Waals surface area (Å²) in [6.07, 6.45) is -2.22. The summed E-state index contributed by atoms with van der Waals surface area (Å²) >= 11 is 0. The average molecular weight is 656 g/mol. The topological polar surface area (TPSA) is 300 Å². The van der Waals surface area contributed by atoms with Crippen molar-refractivity contribution in [1.29, 1.82) is 0 Å². The zero-order chi connectivity index (χ0) is 31.0. The number of nitrogens with zero attached hydrogens (tertiary/aromatic N) is 7.